The number of rotatable bonds is 5. The van der Waals surface area contributed by atoms with Gasteiger partial charge in [0.1, 0.15) is 11.4 Å². The van der Waals surface area contributed by atoms with Gasteiger partial charge < -0.3 is 15.4 Å². The summed E-state index contributed by atoms with van der Waals surface area (Å²) in [7, 11) is 1.84. The predicted octanol–water partition coefficient (Wildman–Crippen LogP) is 3.43. The van der Waals surface area contributed by atoms with Gasteiger partial charge in [-0.1, -0.05) is 12.8 Å². The zero-order valence-electron chi connectivity index (χ0n) is 18.7. The van der Waals surface area contributed by atoms with Crippen LogP contribution >= 0.6 is 0 Å². The molecular formula is C23H31N5O3. The first-order valence-corrected chi connectivity index (χ1v) is 11.0. The molecule has 0 radical (unpaired) electrons. The van der Waals surface area contributed by atoms with Crippen LogP contribution in [0.25, 0.3) is 11.3 Å². The van der Waals surface area contributed by atoms with E-state index in [0.29, 0.717) is 24.2 Å². The lowest BCUT2D eigenvalue weighted by molar-refractivity contribution is -0.156. The summed E-state index contributed by atoms with van der Waals surface area (Å²) in [5.41, 5.74) is 2.53. The van der Waals surface area contributed by atoms with Crippen LogP contribution in [0.5, 0.6) is 0 Å². The summed E-state index contributed by atoms with van der Waals surface area (Å²) in [5.74, 6) is 0.669. The molecule has 2 atom stereocenters. The minimum atomic E-state index is -0.478. The first-order chi connectivity index (χ1) is 14.7. The summed E-state index contributed by atoms with van der Waals surface area (Å²) in [6.45, 7) is 6.17. The fraction of sp³-hybridized carbons (Fsp3) is 0.565. The van der Waals surface area contributed by atoms with Gasteiger partial charge in [-0.2, -0.15) is 5.10 Å². The summed E-state index contributed by atoms with van der Waals surface area (Å²) < 4.78 is 7.26. The van der Waals surface area contributed by atoms with Crippen molar-refractivity contribution in [2.24, 2.45) is 13.0 Å². The average Bonchev–Trinajstić information content (AvgIpc) is 3.27. The molecule has 4 rings (SSSR count). The van der Waals surface area contributed by atoms with Crippen molar-refractivity contribution in [2.45, 2.75) is 71.1 Å². The monoisotopic (exact) mass is 425 g/mol. The Labute approximate surface area is 182 Å². The number of amides is 1. The Morgan fingerprint density at radius 2 is 2.10 bits per heavy atom. The molecule has 8 nitrogen and oxygen atoms in total. The molecule has 3 heterocycles. The number of aryl methyl sites for hydroxylation is 1. The van der Waals surface area contributed by atoms with Gasteiger partial charge in [0, 0.05) is 31.4 Å². The van der Waals surface area contributed by atoms with Crippen molar-refractivity contribution < 1.29 is 14.3 Å². The topological polar surface area (TPSA) is 98.1 Å². The fourth-order valence-electron chi connectivity index (χ4n) is 4.51. The summed E-state index contributed by atoms with van der Waals surface area (Å²) >= 11 is 0. The molecule has 0 spiro atoms. The summed E-state index contributed by atoms with van der Waals surface area (Å²) in [4.78, 5) is 29.6. The van der Waals surface area contributed by atoms with Crippen molar-refractivity contribution >= 4 is 17.7 Å². The highest BCUT2D eigenvalue weighted by atomic mass is 16.6. The second-order valence-corrected chi connectivity index (χ2v) is 9.56. The van der Waals surface area contributed by atoms with Gasteiger partial charge in [-0.25, -0.2) is 4.98 Å². The quantitative estimate of drug-likeness (QED) is 0.712. The predicted molar refractivity (Wildman–Crippen MR) is 117 cm³/mol. The number of pyridine rings is 1. The van der Waals surface area contributed by atoms with Crippen LogP contribution in [0, 0.1) is 5.92 Å². The minimum absolute atomic E-state index is 0.103. The highest BCUT2D eigenvalue weighted by Gasteiger charge is 2.31. The summed E-state index contributed by atoms with van der Waals surface area (Å²) in [6.07, 6.45) is 8.18. The Hall–Kier alpha value is -2.90. The van der Waals surface area contributed by atoms with E-state index in [1.807, 2.05) is 40.1 Å². The van der Waals surface area contributed by atoms with E-state index in [9.17, 15) is 9.59 Å². The maximum absolute atomic E-state index is 12.4. The van der Waals surface area contributed by atoms with Gasteiger partial charge in [0.2, 0.25) is 0 Å². The molecule has 2 aromatic heterocycles. The lowest BCUT2D eigenvalue weighted by Gasteiger charge is -2.33. The number of hydrogen-bond donors (Lipinski definition) is 2. The van der Waals surface area contributed by atoms with Crippen LogP contribution in [0.2, 0.25) is 0 Å². The molecule has 2 N–H and O–H groups in total. The van der Waals surface area contributed by atoms with Gasteiger partial charge in [0.05, 0.1) is 23.9 Å². The second kappa shape index (κ2) is 8.32. The molecule has 0 saturated heterocycles. The van der Waals surface area contributed by atoms with Crippen LogP contribution in [-0.2, 0) is 23.1 Å². The molecule has 2 aliphatic rings. The number of esters is 1. The van der Waals surface area contributed by atoms with Gasteiger partial charge >= 0.3 is 5.97 Å². The molecular weight excluding hydrogens is 394 g/mol. The van der Waals surface area contributed by atoms with Gasteiger partial charge in [-0.15, -0.1) is 0 Å². The Morgan fingerprint density at radius 3 is 2.81 bits per heavy atom. The SMILES string of the molecule is Cn1cc(-c2nc(N[C@@H]3CCCC[C@@H]3CC(=O)OC(C)(C)C)cc3c2C(=O)NC3)cn1. The van der Waals surface area contributed by atoms with E-state index in [1.165, 1.54) is 0 Å². The first-order valence-electron chi connectivity index (χ1n) is 11.0. The average molecular weight is 426 g/mol. The second-order valence-electron chi connectivity index (χ2n) is 9.56. The van der Waals surface area contributed by atoms with Gasteiger partial charge in [0.15, 0.2) is 0 Å². The molecule has 8 heteroatoms. The molecule has 1 aliphatic heterocycles. The molecule has 0 aromatic carbocycles. The zero-order chi connectivity index (χ0) is 22.2. The third-order valence-corrected chi connectivity index (χ3v) is 5.84. The van der Waals surface area contributed by atoms with Crippen molar-refractivity contribution in [1.29, 1.82) is 0 Å². The van der Waals surface area contributed by atoms with Crippen molar-refractivity contribution in [3.63, 3.8) is 0 Å². The third kappa shape index (κ3) is 4.89. The molecule has 1 aliphatic carbocycles. The standard InChI is InChI=1S/C23H31N5O3/c1-23(2,3)31-19(29)10-14-7-5-6-8-17(14)26-18-9-15-11-24-22(30)20(15)21(27-18)16-12-25-28(4)13-16/h9,12-14,17H,5-8,10-11H2,1-4H3,(H,24,30)(H,26,27)/t14-,17-/m1/s1. The molecule has 166 valence electrons. The van der Waals surface area contributed by atoms with E-state index in [4.69, 9.17) is 9.72 Å². The molecule has 0 bridgehead atoms. The lowest BCUT2D eigenvalue weighted by atomic mass is 9.82. The van der Waals surface area contributed by atoms with Crippen LogP contribution in [0.3, 0.4) is 0 Å². The third-order valence-electron chi connectivity index (χ3n) is 5.84. The lowest BCUT2D eigenvalue weighted by Crippen LogP contribution is -2.35. The molecule has 2 aromatic rings. The van der Waals surface area contributed by atoms with Gasteiger partial charge in [-0.3, -0.25) is 14.3 Å². The normalized spacial score (nSPS) is 20.8. The summed E-state index contributed by atoms with van der Waals surface area (Å²) in [6, 6.07) is 2.09. The molecule has 1 fully saturated rings. The number of nitrogens with one attached hydrogen (secondary N) is 2. The smallest absolute Gasteiger partial charge is 0.306 e. The van der Waals surface area contributed by atoms with E-state index >= 15 is 0 Å². The fourth-order valence-corrected chi connectivity index (χ4v) is 4.51. The molecule has 0 unspecified atom stereocenters. The number of nitrogens with zero attached hydrogens (tertiary/aromatic N) is 3. The van der Waals surface area contributed by atoms with E-state index in [2.05, 4.69) is 15.7 Å². The van der Waals surface area contributed by atoms with Gasteiger partial charge in [0.25, 0.3) is 5.91 Å². The number of hydrogen-bond acceptors (Lipinski definition) is 6. The Balaban J connectivity index is 1.58. The Kier molecular flexibility index (Phi) is 5.73. The van der Waals surface area contributed by atoms with Gasteiger partial charge in [-0.05, 0) is 51.2 Å². The number of carbonyl (C=O) groups is 2. The van der Waals surface area contributed by atoms with Crippen molar-refractivity contribution in [2.75, 3.05) is 5.32 Å². The number of aromatic nitrogens is 3. The number of fused-ring (bicyclic) bond motifs is 1. The van der Waals surface area contributed by atoms with Crippen molar-refractivity contribution in [1.82, 2.24) is 20.1 Å². The van der Waals surface area contributed by atoms with Crippen LogP contribution in [0.4, 0.5) is 5.82 Å². The number of anilines is 1. The van der Waals surface area contributed by atoms with E-state index in [0.717, 1.165) is 42.6 Å². The summed E-state index contributed by atoms with van der Waals surface area (Å²) in [5, 5.41) is 10.7. The van der Waals surface area contributed by atoms with Crippen LogP contribution < -0.4 is 10.6 Å². The Morgan fingerprint density at radius 1 is 1.32 bits per heavy atom. The first kappa shape index (κ1) is 21.3. The highest BCUT2D eigenvalue weighted by Crippen LogP contribution is 2.33. The molecule has 1 saturated carbocycles. The zero-order valence-corrected chi connectivity index (χ0v) is 18.7. The van der Waals surface area contributed by atoms with Crippen molar-refractivity contribution in [3.05, 3.63) is 29.6 Å². The maximum Gasteiger partial charge on any atom is 0.306 e. The Bertz CT molecular complexity index is 992. The van der Waals surface area contributed by atoms with E-state index in [1.54, 1.807) is 10.9 Å². The molecule has 31 heavy (non-hydrogen) atoms. The van der Waals surface area contributed by atoms with Crippen molar-refractivity contribution in [3.8, 4) is 11.3 Å². The van der Waals surface area contributed by atoms with Crippen LogP contribution in [-0.4, -0.2) is 38.3 Å². The maximum atomic E-state index is 12.4. The minimum Gasteiger partial charge on any atom is -0.460 e. The largest absolute Gasteiger partial charge is 0.460 e. The van der Waals surface area contributed by atoms with Crippen LogP contribution in [0.15, 0.2) is 18.5 Å². The highest BCUT2D eigenvalue weighted by molar-refractivity contribution is 6.04. The number of carbonyl (C=O) groups excluding carboxylic acids is 2. The van der Waals surface area contributed by atoms with E-state index in [-0.39, 0.29) is 23.8 Å². The van der Waals surface area contributed by atoms with E-state index < -0.39 is 5.60 Å². The number of ether oxygens (including phenoxy) is 1. The molecule has 1 amide bonds. The van der Waals surface area contributed by atoms with Crippen LogP contribution in [0.1, 0.15) is 68.8 Å².